The topological polar surface area (TPSA) is 112 Å². The van der Waals surface area contributed by atoms with Gasteiger partial charge >= 0.3 is 5.97 Å². The number of aromatic nitrogens is 1. The van der Waals surface area contributed by atoms with E-state index in [-0.39, 0.29) is 11.5 Å². The van der Waals surface area contributed by atoms with Crippen LogP contribution in [0.5, 0.6) is 0 Å². The van der Waals surface area contributed by atoms with Crippen molar-refractivity contribution in [1.82, 2.24) is 4.98 Å². The summed E-state index contributed by atoms with van der Waals surface area (Å²) in [4.78, 5) is 16.1. The number of hydrogen-bond donors (Lipinski definition) is 1. The molecule has 2 aromatic carbocycles. The summed E-state index contributed by atoms with van der Waals surface area (Å²) in [5.41, 5.74) is 1.96. The van der Waals surface area contributed by atoms with Crippen LogP contribution in [0.3, 0.4) is 0 Å². The molecule has 0 aliphatic carbocycles. The molecule has 0 radical (unpaired) electrons. The van der Waals surface area contributed by atoms with Gasteiger partial charge in [-0.1, -0.05) is 30.3 Å². The van der Waals surface area contributed by atoms with Crippen LogP contribution in [0.15, 0.2) is 76.2 Å². The van der Waals surface area contributed by atoms with Gasteiger partial charge in [0.1, 0.15) is 18.6 Å². The number of hydrogen-bond acceptors (Lipinski definition) is 6. The first-order chi connectivity index (χ1) is 12.9. The van der Waals surface area contributed by atoms with E-state index in [2.05, 4.69) is 4.98 Å². The predicted molar refractivity (Wildman–Crippen MR) is 98.6 cm³/mol. The zero-order valence-corrected chi connectivity index (χ0v) is 14.9. The SMILES string of the molecule is NS(=O)(=O)c1ccc(/C=C/C(=O)OCc2coc(-c3ccccc3)n2)cc1. The highest BCUT2D eigenvalue weighted by Crippen LogP contribution is 2.18. The lowest BCUT2D eigenvalue weighted by atomic mass is 10.2. The lowest BCUT2D eigenvalue weighted by Crippen LogP contribution is -2.11. The van der Waals surface area contributed by atoms with Crippen LogP contribution in [-0.4, -0.2) is 19.4 Å². The summed E-state index contributed by atoms with van der Waals surface area (Å²) in [5.74, 6) is -0.109. The molecule has 0 amide bonds. The second-order valence-electron chi connectivity index (χ2n) is 5.57. The molecule has 138 valence electrons. The lowest BCUT2D eigenvalue weighted by molar-refractivity contribution is -0.139. The third-order valence-electron chi connectivity index (χ3n) is 3.56. The molecule has 0 aliphatic rings. The first kappa shape index (κ1) is 18.6. The van der Waals surface area contributed by atoms with E-state index in [1.165, 1.54) is 42.7 Å². The number of ether oxygens (including phenoxy) is 1. The van der Waals surface area contributed by atoms with E-state index in [4.69, 9.17) is 14.3 Å². The molecule has 0 spiro atoms. The molecule has 0 fully saturated rings. The van der Waals surface area contributed by atoms with Gasteiger partial charge in [0, 0.05) is 11.6 Å². The molecule has 0 unspecified atom stereocenters. The van der Waals surface area contributed by atoms with Crippen LogP contribution in [0.2, 0.25) is 0 Å². The molecule has 1 heterocycles. The second-order valence-corrected chi connectivity index (χ2v) is 7.13. The Labute approximate surface area is 156 Å². The van der Waals surface area contributed by atoms with Gasteiger partial charge in [0.2, 0.25) is 15.9 Å². The quantitative estimate of drug-likeness (QED) is 0.516. The average molecular weight is 384 g/mol. The highest BCUT2D eigenvalue weighted by atomic mass is 32.2. The van der Waals surface area contributed by atoms with Gasteiger partial charge in [-0.15, -0.1) is 0 Å². The van der Waals surface area contributed by atoms with Gasteiger partial charge in [-0.25, -0.2) is 23.3 Å². The maximum Gasteiger partial charge on any atom is 0.331 e. The Morgan fingerprint density at radius 3 is 2.48 bits per heavy atom. The van der Waals surface area contributed by atoms with Gasteiger partial charge in [0.15, 0.2) is 0 Å². The zero-order chi connectivity index (χ0) is 19.3. The molecular formula is C19H16N2O5S. The van der Waals surface area contributed by atoms with Crippen molar-refractivity contribution < 1.29 is 22.4 Å². The second kappa shape index (κ2) is 7.98. The number of oxazole rings is 1. The number of nitrogens with two attached hydrogens (primary N) is 1. The van der Waals surface area contributed by atoms with Crippen molar-refractivity contribution in [3.63, 3.8) is 0 Å². The highest BCUT2D eigenvalue weighted by Gasteiger charge is 2.08. The minimum absolute atomic E-state index is 0.00230. The summed E-state index contributed by atoms with van der Waals surface area (Å²) in [6.45, 7) is -0.0239. The maximum atomic E-state index is 11.8. The van der Waals surface area contributed by atoms with Crippen molar-refractivity contribution >= 4 is 22.1 Å². The Morgan fingerprint density at radius 1 is 1.11 bits per heavy atom. The number of nitrogens with zero attached hydrogens (tertiary/aromatic N) is 1. The Morgan fingerprint density at radius 2 is 1.81 bits per heavy atom. The number of carbonyl (C=O) groups excluding carboxylic acids is 1. The standard InChI is InChI=1S/C19H16N2O5S/c20-27(23,24)17-9-6-14(7-10-17)8-11-18(22)25-12-16-13-26-19(21-16)15-4-2-1-3-5-15/h1-11,13H,12H2,(H2,20,23,24)/b11-8+. The van der Waals surface area contributed by atoms with Crippen LogP contribution in [0.4, 0.5) is 0 Å². The van der Waals surface area contributed by atoms with Crippen molar-refractivity contribution in [1.29, 1.82) is 0 Å². The van der Waals surface area contributed by atoms with Gasteiger partial charge in [-0.05, 0) is 35.9 Å². The van der Waals surface area contributed by atoms with Gasteiger partial charge in [-0.2, -0.15) is 0 Å². The molecule has 0 atom stereocenters. The molecule has 0 aliphatic heterocycles. The number of benzene rings is 2. The van der Waals surface area contributed by atoms with E-state index >= 15 is 0 Å². The largest absolute Gasteiger partial charge is 0.456 e. The van der Waals surface area contributed by atoms with Crippen LogP contribution in [0.25, 0.3) is 17.5 Å². The molecule has 3 rings (SSSR count). The Balaban J connectivity index is 1.55. The number of sulfonamides is 1. The molecule has 1 aromatic heterocycles. The fourth-order valence-electron chi connectivity index (χ4n) is 2.21. The van der Waals surface area contributed by atoms with Crippen molar-refractivity contribution in [2.24, 2.45) is 5.14 Å². The number of rotatable bonds is 6. The van der Waals surface area contributed by atoms with Gasteiger partial charge in [0.25, 0.3) is 0 Å². The molecule has 0 saturated carbocycles. The van der Waals surface area contributed by atoms with Crippen LogP contribution in [0.1, 0.15) is 11.3 Å². The van der Waals surface area contributed by atoms with Crippen LogP contribution in [-0.2, 0) is 26.2 Å². The van der Waals surface area contributed by atoms with Crippen molar-refractivity contribution in [3.05, 3.63) is 78.2 Å². The minimum atomic E-state index is -3.74. The first-order valence-corrected chi connectivity index (χ1v) is 9.44. The predicted octanol–water partition coefficient (Wildman–Crippen LogP) is 2.75. The van der Waals surface area contributed by atoms with Gasteiger partial charge in [-0.3, -0.25) is 0 Å². The monoisotopic (exact) mass is 384 g/mol. The highest BCUT2D eigenvalue weighted by molar-refractivity contribution is 7.89. The van der Waals surface area contributed by atoms with Crippen LogP contribution in [0, 0.1) is 0 Å². The lowest BCUT2D eigenvalue weighted by Gasteiger charge is -1.99. The summed E-state index contributed by atoms with van der Waals surface area (Å²) >= 11 is 0. The van der Waals surface area contributed by atoms with Gasteiger partial charge < -0.3 is 9.15 Å². The van der Waals surface area contributed by atoms with E-state index in [0.717, 1.165) is 5.56 Å². The van der Waals surface area contributed by atoms with Crippen LogP contribution < -0.4 is 5.14 Å². The Bertz CT molecular complexity index is 1050. The number of primary sulfonamides is 1. The fourth-order valence-corrected chi connectivity index (χ4v) is 2.73. The fraction of sp³-hybridized carbons (Fsp3) is 0.0526. The van der Waals surface area contributed by atoms with Crippen molar-refractivity contribution in [2.75, 3.05) is 0 Å². The van der Waals surface area contributed by atoms with E-state index in [0.29, 0.717) is 17.1 Å². The van der Waals surface area contributed by atoms with E-state index < -0.39 is 16.0 Å². The number of carbonyl (C=O) groups is 1. The molecule has 7 nitrogen and oxygen atoms in total. The molecule has 0 bridgehead atoms. The van der Waals surface area contributed by atoms with Crippen LogP contribution >= 0.6 is 0 Å². The normalized spacial score (nSPS) is 11.6. The zero-order valence-electron chi connectivity index (χ0n) is 14.1. The minimum Gasteiger partial charge on any atom is -0.456 e. The summed E-state index contributed by atoms with van der Waals surface area (Å²) in [6.07, 6.45) is 4.18. The molecule has 8 heteroatoms. The molecule has 0 saturated heterocycles. The molecule has 2 N–H and O–H groups in total. The van der Waals surface area contributed by atoms with E-state index in [1.807, 2.05) is 30.3 Å². The third kappa shape index (κ3) is 5.13. The van der Waals surface area contributed by atoms with Crippen molar-refractivity contribution in [2.45, 2.75) is 11.5 Å². The molecule has 27 heavy (non-hydrogen) atoms. The average Bonchev–Trinajstić information content (AvgIpc) is 3.14. The van der Waals surface area contributed by atoms with E-state index in [9.17, 15) is 13.2 Å². The number of esters is 1. The summed E-state index contributed by atoms with van der Waals surface area (Å²) in [7, 11) is -3.74. The molecular weight excluding hydrogens is 368 g/mol. The Kier molecular flexibility index (Phi) is 5.49. The first-order valence-electron chi connectivity index (χ1n) is 7.89. The smallest absolute Gasteiger partial charge is 0.331 e. The van der Waals surface area contributed by atoms with Gasteiger partial charge in [0.05, 0.1) is 4.90 Å². The summed E-state index contributed by atoms with van der Waals surface area (Å²) in [6, 6.07) is 15.2. The van der Waals surface area contributed by atoms with E-state index in [1.54, 1.807) is 0 Å². The van der Waals surface area contributed by atoms with Crippen molar-refractivity contribution in [3.8, 4) is 11.5 Å². The maximum absolute atomic E-state index is 11.8. The third-order valence-corrected chi connectivity index (χ3v) is 4.48. The Hall–Kier alpha value is -3.23. The molecule has 3 aromatic rings. The summed E-state index contributed by atoms with van der Waals surface area (Å²) < 4.78 is 32.9. The summed E-state index contributed by atoms with van der Waals surface area (Å²) in [5, 5.41) is 5.03.